The maximum absolute atomic E-state index is 12.7. The normalized spacial score (nSPS) is 21.6. The molecule has 4 rings (SSSR count). The highest BCUT2D eigenvalue weighted by molar-refractivity contribution is 5.79. The molecule has 2 aromatic heterocycles. The first-order chi connectivity index (χ1) is 12.3. The standard InChI is InChI=1S/C19H25N5O/c25-19(15-5-1-2-6-15)24-9-3-4-14(13-24)10-16-11-23-17(12-22-16)18-20-7-8-21-18/h7-8,11-12,14-15H,1-6,9-10,13H2,(H,20,21). The number of rotatable bonds is 4. The highest BCUT2D eigenvalue weighted by Crippen LogP contribution is 2.29. The molecule has 1 saturated heterocycles. The highest BCUT2D eigenvalue weighted by Gasteiger charge is 2.30. The summed E-state index contributed by atoms with van der Waals surface area (Å²) >= 11 is 0. The SMILES string of the molecule is O=C(C1CCCC1)N1CCCC(Cc2cnc(-c3ncc[nH]3)cn2)C1. The van der Waals surface area contributed by atoms with E-state index in [9.17, 15) is 4.79 Å². The van der Waals surface area contributed by atoms with E-state index in [1.54, 1.807) is 18.6 Å². The summed E-state index contributed by atoms with van der Waals surface area (Å²) in [6.07, 6.45) is 14.9. The fourth-order valence-corrected chi connectivity index (χ4v) is 4.15. The second-order valence-electron chi connectivity index (χ2n) is 7.31. The van der Waals surface area contributed by atoms with Gasteiger partial charge < -0.3 is 9.88 Å². The van der Waals surface area contributed by atoms with E-state index in [1.807, 2.05) is 6.20 Å². The van der Waals surface area contributed by atoms with E-state index in [4.69, 9.17) is 0 Å². The van der Waals surface area contributed by atoms with Crippen LogP contribution in [0.2, 0.25) is 0 Å². The van der Waals surface area contributed by atoms with Crippen LogP contribution >= 0.6 is 0 Å². The molecule has 25 heavy (non-hydrogen) atoms. The molecule has 6 heteroatoms. The van der Waals surface area contributed by atoms with Crippen LogP contribution in [-0.2, 0) is 11.2 Å². The lowest BCUT2D eigenvalue weighted by Gasteiger charge is -2.34. The van der Waals surface area contributed by atoms with Crippen molar-refractivity contribution in [3.05, 3.63) is 30.5 Å². The Morgan fingerprint density at radius 2 is 2.00 bits per heavy atom. The summed E-state index contributed by atoms with van der Waals surface area (Å²) in [4.78, 5) is 31.0. The van der Waals surface area contributed by atoms with Crippen LogP contribution in [-0.4, -0.2) is 43.8 Å². The topological polar surface area (TPSA) is 74.8 Å². The van der Waals surface area contributed by atoms with Gasteiger partial charge >= 0.3 is 0 Å². The minimum atomic E-state index is 0.283. The number of nitrogens with zero attached hydrogens (tertiary/aromatic N) is 4. The van der Waals surface area contributed by atoms with Crippen LogP contribution in [0, 0.1) is 11.8 Å². The molecule has 1 aliphatic carbocycles. The van der Waals surface area contributed by atoms with E-state index in [-0.39, 0.29) is 5.92 Å². The van der Waals surface area contributed by atoms with Crippen LogP contribution in [0.15, 0.2) is 24.8 Å². The van der Waals surface area contributed by atoms with Crippen molar-refractivity contribution in [3.8, 4) is 11.5 Å². The summed E-state index contributed by atoms with van der Waals surface area (Å²) in [6.45, 7) is 1.80. The number of hydrogen-bond acceptors (Lipinski definition) is 4. The third-order valence-corrected chi connectivity index (χ3v) is 5.48. The summed E-state index contributed by atoms with van der Waals surface area (Å²) in [5.41, 5.74) is 1.76. The van der Waals surface area contributed by atoms with Crippen LogP contribution in [0.3, 0.4) is 0 Å². The molecule has 0 bridgehead atoms. The average molecular weight is 339 g/mol. The molecule has 0 radical (unpaired) electrons. The number of likely N-dealkylation sites (tertiary alicyclic amines) is 1. The Morgan fingerprint density at radius 1 is 1.12 bits per heavy atom. The van der Waals surface area contributed by atoms with E-state index in [0.717, 1.165) is 62.4 Å². The summed E-state index contributed by atoms with van der Waals surface area (Å²) in [5.74, 6) is 1.90. The van der Waals surface area contributed by atoms with E-state index in [1.165, 1.54) is 12.8 Å². The van der Waals surface area contributed by atoms with Gasteiger partial charge in [-0.2, -0.15) is 0 Å². The number of amides is 1. The van der Waals surface area contributed by atoms with Crippen molar-refractivity contribution in [2.24, 2.45) is 11.8 Å². The number of hydrogen-bond donors (Lipinski definition) is 1. The summed E-state index contributed by atoms with van der Waals surface area (Å²) in [6, 6.07) is 0. The van der Waals surface area contributed by atoms with E-state index in [2.05, 4.69) is 24.8 Å². The van der Waals surface area contributed by atoms with Gasteiger partial charge in [0, 0.05) is 37.6 Å². The minimum absolute atomic E-state index is 0.283. The molecule has 2 aromatic rings. The Balaban J connectivity index is 1.36. The number of aromatic nitrogens is 4. The van der Waals surface area contributed by atoms with Crippen LogP contribution < -0.4 is 0 Å². The van der Waals surface area contributed by atoms with Gasteiger partial charge in [0.15, 0.2) is 5.82 Å². The predicted molar refractivity (Wildman–Crippen MR) is 94.6 cm³/mol. The third kappa shape index (κ3) is 3.72. The molecule has 1 amide bonds. The molecule has 1 aliphatic heterocycles. The highest BCUT2D eigenvalue weighted by atomic mass is 16.2. The molecule has 3 heterocycles. The quantitative estimate of drug-likeness (QED) is 0.929. The zero-order valence-corrected chi connectivity index (χ0v) is 14.5. The largest absolute Gasteiger partial charge is 0.343 e. The van der Waals surface area contributed by atoms with Gasteiger partial charge in [-0.3, -0.25) is 9.78 Å². The first kappa shape index (κ1) is 16.2. The number of aromatic amines is 1. The Hall–Kier alpha value is -2.24. The number of carbonyl (C=O) groups excluding carboxylic acids is 1. The second kappa shape index (κ2) is 7.33. The first-order valence-electron chi connectivity index (χ1n) is 9.39. The van der Waals surface area contributed by atoms with Crippen molar-refractivity contribution in [3.63, 3.8) is 0 Å². The zero-order valence-electron chi connectivity index (χ0n) is 14.5. The summed E-state index contributed by atoms with van der Waals surface area (Å²) in [5, 5.41) is 0. The lowest BCUT2D eigenvalue weighted by molar-refractivity contribution is -0.137. The van der Waals surface area contributed by atoms with E-state index >= 15 is 0 Å². The minimum Gasteiger partial charge on any atom is -0.343 e. The molecule has 6 nitrogen and oxygen atoms in total. The Kier molecular flexibility index (Phi) is 4.76. The van der Waals surface area contributed by atoms with Crippen molar-refractivity contribution in [2.45, 2.75) is 44.9 Å². The first-order valence-corrected chi connectivity index (χ1v) is 9.39. The third-order valence-electron chi connectivity index (χ3n) is 5.48. The van der Waals surface area contributed by atoms with Gasteiger partial charge in [0.1, 0.15) is 5.69 Å². The van der Waals surface area contributed by atoms with E-state index in [0.29, 0.717) is 11.8 Å². The predicted octanol–water partition coefficient (Wildman–Crippen LogP) is 2.84. The van der Waals surface area contributed by atoms with Gasteiger partial charge in [-0.1, -0.05) is 12.8 Å². The lowest BCUT2D eigenvalue weighted by atomic mass is 9.92. The molecule has 1 saturated carbocycles. The Bertz CT molecular complexity index is 691. The van der Waals surface area contributed by atoms with Crippen molar-refractivity contribution >= 4 is 5.91 Å². The van der Waals surface area contributed by atoms with Gasteiger partial charge in [-0.25, -0.2) is 9.97 Å². The van der Waals surface area contributed by atoms with Crippen molar-refractivity contribution < 1.29 is 4.79 Å². The van der Waals surface area contributed by atoms with Crippen LogP contribution in [0.1, 0.15) is 44.2 Å². The van der Waals surface area contributed by atoms with Crippen LogP contribution in [0.4, 0.5) is 0 Å². The number of imidazole rings is 1. The van der Waals surface area contributed by atoms with Crippen LogP contribution in [0.5, 0.6) is 0 Å². The summed E-state index contributed by atoms with van der Waals surface area (Å²) < 4.78 is 0. The zero-order chi connectivity index (χ0) is 17.1. The molecule has 1 unspecified atom stereocenters. The van der Waals surface area contributed by atoms with Gasteiger partial charge in [0.25, 0.3) is 0 Å². The Labute approximate surface area is 148 Å². The smallest absolute Gasteiger partial charge is 0.225 e. The van der Waals surface area contributed by atoms with Crippen molar-refractivity contribution in [1.82, 2.24) is 24.8 Å². The maximum atomic E-state index is 12.7. The average Bonchev–Trinajstić information content (AvgIpc) is 3.36. The molecule has 0 spiro atoms. The van der Waals surface area contributed by atoms with Crippen molar-refractivity contribution in [2.75, 3.05) is 13.1 Å². The maximum Gasteiger partial charge on any atom is 0.225 e. The molecule has 2 fully saturated rings. The molecule has 0 aromatic carbocycles. The van der Waals surface area contributed by atoms with Gasteiger partial charge in [0.2, 0.25) is 5.91 Å². The van der Waals surface area contributed by atoms with E-state index < -0.39 is 0 Å². The van der Waals surface area contributed by atoms with Gasteiger partial charge in [-0.15, -0.1) is 0 Å². The fourth-order valence-electron chi connectivity index (χ4n) is 4.15. The molecule has 132 valence electrons. The molecular weight excluding hydrogens is 314 g/mol. The fraction of sp³-hybridized carbons (Fsp3) is 0.579. The van der Waals surface area contributed by atoms with Gasteiger partial charge in [-0.05, 0) is 38.0 Å². The molecule has 2 aliphatic rings. The molecule has 1 atom stereocenters. The monoisotopic (exact) mass is 339 g/mol. The molecule has 1 N–H and O–H groups in total. The number of nitrogens with one attached hydrogen (secondary N) is 1. The van der Waals surface area contributed by atoms with Crippen molar-refractivity contribution in [1.29, 1.82) is 0 Å². The lowest BCUT2D eigenvalue weighted by Crippen LogP contribution is -2.43. The summed E-state index contributed by atoms with van der Waals surface area (Å²) in [7, 11) is 0. The number of piperidine rings is 1. The number of carbonyl (C=O) groups is 1. The number of H-pyrrole nitrogens is 1. The Morgan fingerprint density at radius 3 is 2.72 bits per heavy atom. The molecular formula is C19H25N5O. The van der Waals surface area contributed by atoms with Gasteiger partial charge in [0.05, 0.1) is 11.9 Å². The van der Waals surface area contributed by atoms with Crippen LogP contribution in [0.25, 0.3) is 11.5 Å². The second-order valence-corrected chi connectivity index (χ2v) is 7.31.